The summed E-state index contributed by atoms with van der Waals surface area (Å²) in [4.78, 5) is 31.8. The van der Waals surface area contributed by atoms with Gasteiger partial charge in [-0.15, -0.1) is 0 Å². The first-order valence-electron chi connectivity index (χ1n) is 12.5. The summed E-state index contributed by atoms with van der Waals surface area (Å²) < 4.78 is 5.60. The lowest BCUT2D eigenvalue weighted by atomic mass is 9.94. The highest BCUT2D eigenvalue weighted by Crippen LogP contribution is 2.32. The van der Waals surface area contributed by atoms with Gasteiger partial charge in [0.25, 0.3) is 0 Å². The molecule has 3 fully saturated rings. The fourth-order valence-electron chi connectivity index (χ4n) is 5.92. The van der Waals surface area contributed by atoms with Crippen molar-refractivity contribution in [1.82, 2.24) is 20.0 Å². The number of amides is 3. The van der Waals surface area contributed by atoms with Crippen LogP contribution in [-0.2, 0) is 22.5 Å². The van der Waals surface area contributed by atoms with Gasteiger partial charge in [-0.1, -0.05) is 24.3 Å². The first kappa shape index (κ1) is 22.6. The summed E-state index contributed by atoms with van der Waals surface area (Å²) >= 11 is 0. The Kier molecular flexibility index (Phi) is 6.85. The molecule has 3 atom stereocenters. The number of likely N-dealkylation sites (tertiary alicyclic amines) is 1. The van der Waals surface area contributed by atoms with Crippen LogP contribution in [0.4, 0.5) is 4.79 Å². The van der Waals surface area contributed by atoms with E-state index in [1.807, 2.05) is 0 Å². The molecule has 4 aliphatic rings. The Bertz CT molecular complexity index is 841. The molecule has 0 aliphatic carbocycles. The highest BCUT2D eigenvalue weighted by Gasteiger charge is 2.43. The highest BCUT2D eigenvalue weighted by molar-refractivity contribution is 5.81. The number of fused-ring (bicyclic) bond motifs is 3. The lowest BCUT2D eigenvalue weighted by Crippen LogP contribution is -2.54. The molecule has 180 valence electrons. The number of rotatable bonds is 5. The van der Waals surface area contributed by atoms with E-state index < -0.39 is 6.10 Å². The topological polar surface area (TPSA) is 85.3 Å². The van der Waals surface area contributed by atoms with E-state index in [9.17, 15) is 14.7 Å². The fraction of sp³-hybridized carbons (Fsp3) is 0.680. The van der Waals surface area contributed by atoms with Crippen LogP contribution in [0.25, 0.3) is 0 Å². The van der Waals surface area contributed by atoms with Crippen LogP contribution < -0.4 is 5.32 Å². The number of β-amino-alcohol motifs (C(OH)–C–C–N with tert-alkyl or cyclic N) is 1. The van der Waals surface area contributed by atoms with E-state index in [4.69, 9.17) is 4.74 Å². The number of ether oxygens (including phenoxy) is 1. The molecule has 33 heavy (non-hydrogen) atoms. The third-order valence-corrected chi connectivity index (χ3v) is 7.79. The number of hydrogen-bond donors (Lipinski definition) is 2. The molecule has 0 spiro atoms. The maximum Gasteiger partial charge on any atom is 0.317 e. The standard InChI is InChI=1S/C25H36N4O4/c30-23(15-27-10-7-18-3-1-2-4-20(18)14-27)13-26-25(32)28-11-8-19(9-12-28)24(31)29-21-5-6-22(29)17-33-16-21/h1-4,19,21-23,30H,5-17H2,(H,26,32)/t21?,22?,23-/m0/s1. The van der Waals surface area contributed by atoms with Crippen molar-refractivity contribution in [2.45, 2.75) is 56.8 Å². The summed E-state index contributed by atoms with van der Waals surface area (Å²) in [5.41, 5.74) is 2.71. The molecule has 0 aromatic heterocycles. The van der Waals surface area contributed by atoms with Crippen LogP contribution in [0.15, 0.2) is 24.3 Å². The van der Waals surface area contributed by atoms with E-state index in [0.717, 1.165) is 32.4 Å². The summed E-state index contributed by atoms with van der Waals surface area (Å²) in [5.74, 6) is 0.257. The van der Waals surface area contributed by atoms with Gasteiger partial charge in [0.05, 0.1) is 31.4 Å². The number of hydrogen-bond acceptors (Lipinski definition) is 5. The van der Waals surface area contributed by atoms with Gasteiger partial charge in [-0.2, -0.15) is 0 Å². The predicted molar refractivity (Wildman–Crippen MR) is 124 cm³/mol. The smallest absolute Gasteiger partial charge is 0.317 e. The molecule has 1 aromatic carbocycles. The molecule has 0 saturated carbocycles. The average molecular weight is 457 g/mol. The predicted octanol–water partition coefficient (Wildman–Crippen LogP) is 1.22. The minimum Gasteiger partial charge on any atom is -0.390 e. The van der Waals surface area contributed by atoms with Gasteiger partial charge in [0.2, 0.25) is 5.91 Å². The fourth-order valence-corrected chi connectivity index (χ4v) is 5.92. The molecule has 3 saturated heterocycles. The normalized spacial score (nSPS) is 26.7. The molecule has 3 amide bonds. The SMILES string of the molecule is O=C(NC[C@H](O)CN1CCc2ccccc2C1)N1CCC(C(=O)N2C3CCC2COC3)CC1. The number of aliphatic hydroxyl groups is 1. The third-order valence-electron chi connectivity index (χ3n) is 7.79. The Hall–Kier alpha value is -2.16. The molecule has 5 rings (SSSR count). The van der Waals surface area contributed by atoms with Gasteiger partial charge >= 0.3 is 6.03 Å². The molecule has 2 bridgehead atoms. The molecular weight excluding hydrogens is 420 g/mol. The van der Waals surface area contributed by atoms with Crippen molar-refractivity contribution in [3.8, 4) is 0 Å². The van der Waals surface area contributed by atoms with Crippen molar-refractivity contribution in [2.75, 3.05) is 45.9 Å². The molecule has 0 radical (unpaired) electrons. The number of benzene rings is 1. The van der Waals surface area contributed by atoms with Gasteiger partial charge < -0.3 is 25.0 Å². The molecule has 1 aromatic rings. The Labute approximate surface area is 195 Å². The average Bonchev–Trinajstić information content (AvgIpc) is 3.10. The minimum atomic E-state index is -0.602. The van der Waals surface area contributed by atoms with Gasteiger partial charge in [-0.3, -0.25) is 9.69 Å². The Morgan fingerprint density at radius 1 is 1.03 bits per heavy atom. The second-order valence-electron chi connectivity index (χ2n) is 10.0. The van der Waals surface area contributed by atoms with E-state index in [0.29, 0.717) is 45.7 Å². The first-order valence-corrected chi connectivity index (χ1v) is 12.5. The van der Waals surface area contributed by atoms with Crippen LogP contribution >= 0.6 is 0 Å². The molecule has 8 nitrogen and oxygen atoms in total. The highest BCUT2D eigenvalue weighted by atomic mass is 16.5. The number of piperidine rings is 1. The zero-order valence-corrected chi connectivity index (χ0v) is 19.3. The summed E-state index contributed by atoms with van der Waals surface area (Å²) in [5, 5.41) is 13.4. The molecule has 4 aliphatic heterocycles. The van der Waals surface area contributed by atoms with Crippen LogP contribution in [0.5, 0.6) is 0 Å². The zero-order valence-electron chi connectivity index (χ0n) is 19.3. The van der Waals surface area contributed by atoms with Crippen LogP contribution in [-0.4, -0.2) is 95.9 Å². The number of aliphatic hydroxyl groups excluding tert-OH is 1. The third kappa shape index (κ3) is 5.03. The van der Waals surface area contributed by atoms with E-state index in [-0.39, 0.29) is 36.5 Å². The van der Waals surface area contributed by atoms with E-state index in [1.165, 1.54) is 11.1 Å². The Balaban J connectivity index is 1.03. The quantitative estimate of drug-likeness (QED) is 0.696. The molecule has 2 unspecified atom stereocenters. The number of morpholine rings is 1. The second kappa shape index (κ2) is 9.99. The van der Waals surface area contributed by atoms with Gasteiger partial charge in [-0.05, 0) is 43.2 Å². The van der Waals surface area contributed by atoms with E-state index >= 15 is 0 Å². The van der Waals surface area contributed by atoms with Crippen molar-refractivity contribution in [3.05, 3.63) is 35.4 Å². The van der Waals surface area contributed by atoms with Crippen LogP contribution in [0, 0.1) is 5.92 Å². The van der Waals surface area contributed by atoms with E-state index in [1.54, 1.807) is 4.90 Å². The van der Waals surface area contributed by atoms with Crippen LogP contribution in [0.1, 0.15) is 36.8 Å². The summed E-state index contributed by atoms with van der Waals surface area (Å²) in [6.07, 6.45) is 3.90. The maximum atomic E-state index is 13.1. The number of nitrogens with zero attached hydrogens (tertiary/aromatic N) is 3. The van der Waals surface area contributed by atoms with Crippen LogP contribution in [0.2, 0.25) is 0 Å². The van der Waals surface area contributed by atoms with Crippen molar-refractivity contribution in [1.29, 1.82) is 0 Å². The maximum absolute atomic E-state index is 13.1. The van der Waals surface area contributed by atoms with Crippen molar-refractivity contribution in [3.63, 3.8) is 0 Å². The molecule has 8 heteroatoms. The first-order chi connectivity index (χ1) is 16.1. The van der Waals surface area contributed by atoms with E-state index in [2.05, 4.69) is 39.4 Å². The number of carbonyl (C=O) groups is 2. The summed E-state index contributed by atoms with van der Waals surface area (Å²) in [6, 6.07) is 8.79. The number of carbonyl (C=O) groups excluding carboxylic acids is 2. The molecule has 4 heterocycles. The van der Waals surface area contributed by atoms with Gasteiger partial charge in [-0.25, -0.2) is 4.79 Å². The van der Waals surface area contributed by atoms with Gasteiger partial charge in [0.15, 0.2) is 0 Å². The Morgan fingerprint density at radius 3 is 2.45 bits per heavy atom. The van der Waals surface area contributed by atoms with Crippen LogP contribution in [0.3, 0.4) is 0 Å². The lowest BCUT2D eigenvalue weighted by Gasteiger charge is -2.39. The van der Waals surface area contributed by atoms with Crippen molar-refractivity contribution in [2.24, 2.45) is 5.92 Å². The second-order valence-corrected chi connectivity index (χ2v) is 10.0. The monoisotopic (exact) mass is 456 g/mol. The van der Waals surface area contributed by atoms with Gasteiger partial charge in [0.1, 0.15) is 0 Å². The van der Waals surface area contributed by atoms with Gasteiger partial charge in [0, 0.05) is 45.2 Å². The minimum absolute atomic E-state index is 0.00261. The number of nitrogens with one attached hydrogen (secondary N) is 1. The molecule has 2 N–H and O–H groups in total. The lowest BCUT2D eigenvalue weighted by molar-refractivity contribution is -0.146. The largest absolute Gasteiger partial charge is 0.390 e. The summed E-state index contributed by atoms with van der Waals surface area (Å²) in [7, 11) is 0. The van der Waals surface area contributed by atoms with Crippen molar-refractivity contribution < 1.29 is 19.4 Å². The molecular formula is C25H36N4O4. The van der Waals surface area contributed by atoms with Crippen molar-refractivity contribution >= 4 is 11.9 Å². The Morgan fingerprint density at radius 2 is 1.73 bits per heavy atom. The zero-order chi connectivity index (χ0) is 22.8. The number of urea groups is 1. The summed E-state index contributed by atoms with van der Waals surface area (Å²) in [6.45, 7) is 5.05.